The van der Waals surface area contributed by atoms with Crippen LogP contribution in [0.2, 0.25) is 0 Å². The molecule has 3 aromatic rings. The summed E-state index contributed by atoms with van der Waals surface area (Å²) in [6.45, 7) is 3.40. The zero-order chi connectivity index (χ0) is 27.0. The van der Waals surface area contributed by atoms with Crippen molar-refractivity contribution in [3.63, 3.8) is 0 Å². The zero-order valence-corrected chi connectivity index (χ0v) is 20.8. The molecule has 0 atom stereocenters. The Labute approximate surface area is 211 Å². The summed E-state index contributed by atoms with van der Waals surface area (Å²) in [6, 6.07) is 5.62. The lowest BCUT2D eigenvalue weighted by molar-refractivity contribution is -0.137. The Balaban J connectivity index is 1.58. The number of anilines is 2. The molecule has 14 heteroatoms. The Morgan fingerprint density at radius 3 is 2.32 bits per heavy atom. The second kappa shape index (κ2) is 9.84. The number of nitrogens with one attached hydrogen (secondary N) is 1. The third kappa shape index (κ3) is 6.32. The van der Waals surface area contributed by atoms with Crippen molar-refractivity contribution in [2.24, 2.45) is 0 Å². The second-order valence-electron chi connectivity index (χ2n) is 9.28. The molecule has 0 amide bonds. The predicted molar refractivity (Wildman–Crippen MR) is 127 cm³/mol. The standard InChI is InChI=1S/C23H25F3N6O4S/c1-22(2,34)14-31-13-15(11-28-31)20-19(23(24,25)26)12-27-21(30-20)29-16-3-5-18(6-4-16)37(35,36)32-9-7-17(33)8-10-32/h3-6,11-13,34H,7-10,14H2,1-2H3,(H,27,29,30). The monoisotopic (exact) mass is 538 g/mol. The van der Waals surface area contributed by atoms with Gasteiger partial charge in [0, 0.05) is 49.6 Å². The Bertz CT molecular complexity index is 1390. The molecule has 1 saturated heterocycles. The fourth-order valence-corrected chi connectivity index (χ4v) is 5.24. The fourth-order valence-electron chi connectivity index (χ4n) is 3.80. The molecule has 0 unspecified atom stereocenters. The number of carbonyl (C=O) groups excluding carboxylic acids is 1. The van der Waals surface area contributed by atoms with E-state index in [2.05, 4.69) is 20.4 Å². The summed E-state index contributed by atoms with van der Waals surface area (Å²) in [5.74, 6) is -0.116. The van der Waals surface area contributed by atoms with Gasteiger partial charge in [-0.05, 0) is 38.1 Å². The lowest BCUT2D eigenvalue weighted by atomic mass is 10.1. The highest BCUT2D eigenvalue weighted by molar-refractivity contribution is 7.89. The number of halogens is 3. The van der Waals surface area contributed by atoms with Crippen molar-refractivity contribution in [2.45, 2.75) is 49.9 Å². The summed E-state index contributed by atoms with van der Waals surface area (Å²) in [7, 11) is -3.78. The van der Waals surface area contributed by atoms with Crippen LogP contribution in [-0.4, -0.2) is 62.1 Å². The number of nitrogens with zero attached hydrogens (tertiary/aromatic N) is 5. The van der Waals surface area contributed by atoms with Crippen LogP contribution < -0.4 is 5.32 Å². The first-order valence-corrected chi connectivity index (χ1v) is 12.7. The summed E-state index contributed by atoms with van der Waals surface area (Å²) in [6.07, 6.45) is -1.14. The van der Waals surface area contributed by atoms with E-state index in [4.69, 9.17) is 0 Å². The van der Waals surface area contributed by atoms with E-state index in [9.17, 15) is 31.5 Å². The van der Waals surface area contributed by atoms with Crippen molar-refractivity contribution in [2.75, 3.05) is 18.4 Å². The average molecular weight is 539 g/mol. The molecule has 0 spiro atoms. The molecule has 4 rings (SSSR count). The van der Waals surface area contributed by atoms with Crippen LogP contribution in [0.15, 0.2) is 47.8 Å². The Morgan fingerprint density at radius 1 is 1.08 bits per heavy atom. The number of aromatic nitrogens is 4. The van der Waals surface area contributed by atoms with Gasteiger partial charge >= 0.3 is 6.18 Å². The maximum Gasteiger partial charge on any atom is 0.419 e. The lowest BCUT2D eigenvalue weighted by Gasteiger charge is -2.25. The van der Waals surface area contributed by atoms with Gasteiger partial charge in [-0.15, -0.1) is 0 Å². The summed E-state index contributed by atoms with van der Waals surface area (Å²) in [5, 5.41) is 16.8. The molecule has 0 aliphatic carbocycles. The molecular weight excluding hydrogens is 513 g/mol. The molecule has 1 aliphatic rings. The van der Waals surface area contributed by atoms with Crippen LogP contribution in [0.5, 0.6) is 0 Å². The number of Topliss-reactive ketones (excluding diaryl/α,β-unsaturated/α-hetero) is 1. The van der Waals surface area contributed by atoms with Gasteiger partial charge in [-0.1, -0.05) is 0 Å². The van der Waals surface area contributed by atoms with Crippen LogP contribution in [0.3, 0.4) is 0 Å². The molecule has 0 bridgehead atoms. The van der Waals surface area contributed by atoms with Crippen LogP contribution in [0.25, 0.3) is 11.3 Å². The smallest absolute Gasteiger partial charge is 0.389 e. The maximum atomic E-state index is 13.7. The number of alkyl halides is 3. The topological polar surface area (TPSA) is 130 Å². The van der Waals surface area contributed by atoms with Crippen LogP contribution in [0, 0.1) is 0 Å². The van der Waals surface area contributed by atoms with Gasteiger partial charge in [0.2, 0.25) is 16.0 Å². The summed E-state index contributed by atoms with van der Waals surface area (Å²) >= 11 is 0. The SMILES string of the molecule is CC(C)(O)Cn1cc(-c2nc(Nc3ccc(S(=O)(=O)N4CCC(=O)CC4)cc3)ncc2C(F)(F)F)cn1. The van der Waals surface area contributed by atoms with Crippen LogP contribution in [-0.2, 0) is 27.5 Å². The highest BCUT2D eigenvalue weighted by Gasteiger charge is 2.36. The molecule has 2 aromatic heterocycles. The normalized spacial score (nSPS) is 15.7. The van der Waals surface area contributed by atoms with Crippen molar-refractivity contribution in [1.82, 2.24) is 24.1 Å². The van der Waals surface area contributed by atoms with Crippen LogP contribution >= 0.6 is 0 Å². The molecule has 3 heterocycles. The van der Waals surface area contributed by atoms with Gasteiger partial charge in [-0.25, -0.2) is 18.4 Å². The van der Waals surface area contributed by atoms with E-state index in [0.29, 0.717) is 11.9 Å². The van der Waals surface area contributed by atoms with Gasteiger partial charge in [0.05, 0.1) is 28.9 Å². The number of sulfonamides is 1. The first-order valence-electron chi connectivity index (χ1n) is 11.3. The number of hydrogen-bond donors (Lipinski definition) is 2. The Kier molecular flexibility index (Phi) is 7.10. The van der Waals surface area contributed by atoms with Crippen molar-refractivity contribution in [3.8, 4) is 11.3 Å². The van der Waals surface area contributed by atoms with Gasteiger partial charge in [-0.3, -0.25) is 9.48 Å². The van der Waals surface area contributed by atoms with E-state index in [1.54, 1.807) is 13.8 Å². The quantitative estimate of drug-likeness (QED) is 0.469. The summed E-state index contributed by atoms with van der Waals surface area (Å²) in [5.41, 5.74) is -2.13. The molecular formula is C23H25F3N6O4S. The fraction of sp³-hybridized carbons (Fsp3) is 0.391. The van der Waals surface area contributed by atoms with Gasteiger partial charge in [0.25, 0.3) is 0 Å². The molecule has 1 fully saturated rings. The Morgan fingerprint density at radius 2 is 1.73 bits per heavy atom. The molecule has 37 heavy (non-hydrogen) atoms. The number of hydrogen-bond acceptors (Lipinski definition) is 8. The molecule has 10 nitrogen and oxygen atoms in total. The third-order valence-corrected chi connectivity index (χ3v) is 7.49. The van der Waals surface area contributed by atoms with Crippen LogP contribution in [0.1, 0.15) is 32.3 Å². The predicted octanol–water partition coefficient (Wildman–Crippen LogP) is 3.23. The van der Waals surface area contributed by atoms with Crippen molar-refractivity contribution < 1.29 is 31.5 Å². The number of aliphatic hydroxyl groups is 1. The third-order valence-electron chi connectivity index (χ3n) is 5.58. The van der Waals surface area contributed by atoms with Gasteiger partial charge < -0.3 is 10.4 Å². The van der Waals surface area contributed by atoms with Gasteiger partial charge in [0.15, 0.2) is 0 Å². The van der Waals surface area contributed by atoms with Crippen molar-refractivity contribution >= 4 is 27.4 Å². The van der Waals surface area contributed by atoms with Gasteiger partial charge in [0.1, 0.15) is 11.3 Å². The zero-order valence-electron chi connectivity index (χ0n) is 20.0. The summed E-state index contributed by atoms with van der Waals surface area (Å²) < 4.78 is 69.2. The number of piperidine rings is 1. The maximum absolute atomic E-state index is 13.7. The summed E-state index contributed by atoms with van der Waals surface area (Å²) in [4.78, 5) is 19.3. The minimum Gasteiger partial charge on any atom is -0.389 e. The van der Waals surface area contributed by atoms with E-state index >= 15 is 0 Å². The largest absolute Gasteiger partial charge is 0.419 e. The number of ketones is 1. The number of rotatable bonds is 7. The first-order chi connectivity index (χ1) is 17.2. The van der Waals surface area contributed by atoms with Gasteiger partial charge in [-0.2, -0.15) is 22.6 Å². The number of carbonyl (C=O) groups is 1. The van der Waals surface area contributed by atoms with E-state index in [1.165, 1.54) is 45.6 Å². The first kappa shape index (κ1) is 26.7. The van der Waals surface area contributed by atoms with Crippen molar-refractivity contribution in [3.05, 3.63) is 48.4 Å². The highest BCUT2D eigenvalue weighted by Crippen LogP contribution is 2.36. The van der Waals surface area contributed by atoms with Crippen LogP contribution in [0.4, 0.5) is 24.8 Å². The minimum absolute atomic E-state index is 0.0199. The van der Waals surface area contributed by atoms with E-state index in [1.807, 2.05) is 0 Å². The lowest BCUT2D eigenvalue weighted by Crippen LogP contribution is -2.38. The second-order valence-corrected chi connectivity index (χ2v) is 11.2. The van der Waals surface area contributed by atoms with Crippen molar-refractivity contribution in [1.29, 1.82) is 0 Å². The van der Waals surface area contributed by atoms with E-state index in [-0.39, 0.29) is 54.7 Å². The molecule has 1 aliphatic heterocycles. The highest BCUT2D eigenvalue weighted by atomic mass is 32.2. The molecule has 0 radical (unpaired) electrons. The molecule has 1 aromatic carbocycles. The molecule has 2 N–H and O–H groups in total. The van der Waals surface area contributed by atoms with E-state index in [0.717, 1.165) is 0 Å². The molecule has 198 valence electrons. The number of benzene rings is 1. The minimum atomic E-state index is -4.72. The molecule has 0 saturated carbocycles. The average Bonchev–Trinajstić information content (AvgIpc) is 3.26. The van der Waals surface area contributed by atoms with E-state index < -0.39 is 33.1 Å². The Hall–Kier alpha value is -3.36.